The maximum absolute atomic E-state index is 13.0. The van der Waals surface area contributed by atoms with Gasteiger partial charge in [-0.25, -0.2) is 5.01 Å². The van der Waals surface area contributed by atoms with E-state index < -0.39 is 11.8 Å². The van der Waals surface area contributed by atoms with Crippen molar-refractivity contribution >= 4 is 34.8 Å². The van der Waals surface area contributed by atoms with Crippen LogP contribution in [0.15, 0.2) is 59.7 Å². The number of imide groups is 1. The van der Waals surface area contributed by atoms with Gasteiger partial charge in [0.05, 0.1) is 30.3 Å². The first-order valence-corrected chi connectivity index (χ1v) is 8.96. The molecule has 0 radical (unpaired) electrons. The fourth-order valence-corrected chi connectivity index (χ4v) is 3.72. The maximum atomic E-state index is 13.0. The summed E-state index contributed by atoms with van der Waals surface area (Å²) in [7, 11) is 1.55. The quantitative estimate of drug-likeness (QED) is 0.767. The molecule has 2 atom stereocenters. The van der Waals surface area contributed by atoms with E-state index in [-0.39, 0.29) is 24.1 Å². The number of ether oxygens (including phenoxy) is 1. The number of nitrogens with zero attached hydrogens (tertiary/aromatic N) is 3. The van der Waals surface area contributed by atoms with Crippen molar-refractivity contribution in [1.29, 1.82) is 0 Å². The third kappa shape index (κ3) is 2.85. The number of carbonyl (C=O) groups excluding carboxylic acids is 3. The number of hydrazone groups is 1. The van der Waals surface area contributed by atoms with E-state index in [9.17, 15) is 14.4 Å². The van der Waals surface area contributed by atoms with Crippen LogP contribution in [-0.4, -0.2) is 30.5 Å². The molecule has 2 aromatic rings. The molecule has 3 amide bonds. The van der Waals surface area contributed by atoms with E-state index >= 15 is 0 Å². The molecule has 2 aliphatic heterocycles. The lowest BCUT2D eigenvalue weighted by Crippen LogP contribution is -2.37. The third-order valence-electron chi connectivity index (χ3n) is 5.10. The van der Waals surface area contributed by atoms with Crippen LogP contribution in [0.3, 0.4) is 0 Å². The Kier molecular flexibility index (Phi) is 4.43. The van der Waals surface area contributed by atoms with Crippen LogP contribution in [-0.2, 0) is 14.4 Å². The Bertz CT molecular complexity index is 969. The molecule has 1 saturated heterocycles. The Balaban J connectivity index is 1.60. The van der Waals surface area contributed by atoms with Crippen molar-refractivity contribution in [3.63, 3.8) is 0 Å². The molecule has 2 heterocycles. The molecule has 28 heavy (non-hydrogen) atoms. The molecule has 142 valence electrons. The molecule has 0 spiro atoms. The zero-order valence-electron chi connectivity index (χ0n) is 15.5. The van der Waals surface area contributed by atoms with Crippen molar-refractivity contribution < 1.29 is 19.1 Å². The molecule has 4 rings (SSSR count). The van der Waals surface area contributed by atoms with Crippen molar-refractivity contribution in [1.82, 2.24) is 0 Å². The third-order valence-corrected chi connectivity index (χ3v) is 5.10. The van der Waals surface area contributed by atoms with E-state index in [2.05, 4.69) is 5.10 Å². The molecule has 0 aromatic heterocycles. The summed E-state index contributed by atoms with van der Waals surface area (Å²) in [4.78, 5) is 39.8. The summed E-state index contributed by atoms with van der Waals surface area (Å²) in [5.74, 6) is -1.84. The van der Waals surface area contributed by atoms with Gasteiger partial charge in [0.2, 0.25) is 11.8 Å². The van der Waals surface area contributed by atoms with Gasteiger partial charge in [-0.05, 0) is 43.3 Å². The average Bonchev–Trinajstić information content (AvgIpc) is 3.17. The standard InChI is InChI=1S/C21H19N3O4/c1-13-19(21(27)24(22-13)15-6-4-3-5-7-15)17-12-18(25)23(20(17)26)14-8-10-16(28-2)11-9-14/h3-11,17,19H,12H2,1-2H3. The predicted molar refractivity (Wildman–Crippen MR) is 104 cm³/mol. The molecule has 2 aromatic carbocycles. The van der Waals surface area contributed by atoms with Crippen LogP contribution in [0.25, 0.3) is 0 Å². The SMILES string of the molecule is COc1ccc(N2C(=O)CC(C3C(=O)N(c4ccccc4)N=C3C)C2=O)cc1. The summed E-state index contributed by atoms with van der Waals surface area (Å²) in [6.07, 6.45) is -0.0171. The van der Waals surface area contributed by atoms with Crippen molar-refractivity contribution in [3.05, 3.63) is 54.6 Å². The predicted octanol–water partition coefficient (Wildman–Crippen LogP) is 2.61. The Morgan fingerprint density at radius 1 is 0.929 bits per heavy atom. The second-order valence-corrected chi connectivity index (χ2v) is 6.78. The first-order chi connectivity index (χ1) is 13.5. The molecule has 0 saturated carbocycles. The number of rotatable bonds is 4. The van der Waals surface area contributed by atoms with Crippen molar-refractivity contribution in [3.8, 4) is 5.75 Å². The van der Waals surface area contributed by atoms with Gasteiger partial charge in [-0.3, -0.25) is 19.3 Å². The summed E-state index contributed by atoms with van der Waals surface area (Å²) >= 11 is 0. The number of hydrogen-bond acceptors (Lipinski definition) is 5. The van der Waals surface area contributed by atoms with Gasteiger partial charge in [0.15, 0.2) is 0 Å². The van der Waals surface area contributed by atoms with E-state index in [0.717, 1.165) is 4.90 Å². The number of para-hydroxylation sites is 1. The average molecular weight is 377 g/mol. The van der Waals surface area contributed by atoms with Crippen LogP contribution in [0.4, 0.5) is 11.4 Å². The molecule has 2 aliphatic rings. The van der Waals surface area contributed by atoms with Gasteiger partial charge in [-0.15, -0.1) is 0 Å². The first-order valence-electron chi connectivity index (χ1n) is 8.96. The highest BCUT2D eigenvalue weighted by Gasteiger charge is 2.50. The van der Waals surface area contributed by atoms with Crippen molar-refractivity contribution in [2.24, 2.45) is 16.9 Å². The topological polar surface area (TPSA) is 79.3 Å². The van der Waals surface area contributed by atoms with Gasteiger partial charge >= 0.3 is 0 Å². The summed E-state index contributed by atoms with van der Waals surface area (Å²) < 4.78 is 5.12. The normalized spacial score (nSPS) is 22.1. The molecular formula is C21H19N3O4. The Morgan fingerprint density at radius 3 is 2.25 bits per heavy atom. The van der Waals surface area contributed by atoms with Gasteiger partial charge in [0.1, 0.15) is 5.75 Å². The van der Waals surface area contributed by atoms with E-state index in [1.165, 1.54) is 5.01 Å². The summed E-state index contributed by atoms with van der Waals surface area (Å²) in [6.45, 7) is 1.72. The maximum Gasteiger partial charge on any atom is 0.257 e. The highest BCUT2D eigenvalue weighted by molar-refractivity contribution is 6.25. The molecule has 0 bridgehead atoms. The van der Waals surface area contributed by atoms with Crippen LogP contribution in [0.2, 0.25) is 0 Å². The van der Waals surface area contributed by atoms with Crippen LogP contribution in [0.1, 0.15) is 13.3 Å². The number of carbonyl (C=O) groups is 3. The largest absolute Gasteiger partial charge is 0.497 e. The smallest absolute Gasteiger partial charge is 0.257 e. The Morgan fingerprint density at radius 2 is 1.61 bits per heavy atom. The lowest BCUT2D eigenvalue weighted by Gasteiger charge is -2.19. The fraction of sp³-hybridized carbons (Fsp3) is 0.238. The van der Waals surface area contributed by atoms with Crippen LogP contribution in [0, 0.1) is 11.8 Å². The second-order valence-electron chi connectivity index (χ2n) is 6.78. The number of anilines is 2. The molecule has 2 unspecified atom stereocenters. The summed E-state index contributed by atoms with van der Waals surface area (Å²) in [5.41, 5.74) is 1.65. The number of benzene rings is 2. The first kappa shape index (κ1) is 17.9. The van der Waals surface area contributed by atoms with Crippen molar-refractivity contribution in [2.75, 3.05) is 17.0 Å². The minimum Gasteiger partial charge on any atom is -0.497 e. The minimum atomic E-state index is -0.750. The lowest BCUT2D eigenvalue weighted by atomic mass is 9.87. The van der Waals surface area contributed by atoms with Crippen LogP contribution >= 0.6 is 0 Å². The van der Waals surface area contributed by atoms with Gasteiger partial charge in [-0.1, -0.05) is 18.2 Å². The Labute approximate surface area is 162 Å². The zero-order valence-corrected chi connectivity index (χ0v) is 15.5. The number of hydrogen-bond donors (Lipinski definition) is 0. The number of amides is 3. The Hall–Kier alpha value is -3.48. The minimum absolute atomic E-state index is 0.0171. The molecule has 0 aliphatic carbocycles. The molecule has 0 N–H and O–H groups in total. The van der Waals surface area contributed by atoms with Crippen LogP contribution < -0.4 is 14.6 Å². The monoisotopic (exact) mass is 377 g/mol. The summed E-state index contributed by atoms with van der Waals surface area (Å²) in [6, 6.07) is 15.7. The zero-order chi connectivity index (χ0) is 19.8. The molecule has 1 fully saturated rings. The van der Waals surface area contributed by atoms with Gasteiger partial charge < -0.3 is 4.74 Å². The van der Waals surface area contributed by atoms with E-state index in [0.29, 0.717) is 22.8 Å². The molecule has 7 nitrogen and oxygen atoms in total. The highest BCUT2D eigenvalue weighted by atomic mass is 16.5. The van der Waals surface area contributed by atoms with E-state index in [1.807, 2.05) is 18.2 Å². The van der Waals surface area contributed by atoms with Gasteiger partial charge in [0, 0.05) is 12.1 Å². The van der Waals surface area contributed by atoms with Gasteiger partial charge in [0.25, 0.3) is 5.91 Å². The second kappa shape index (κ2) is 6.92. The number of methoxy groups -OCH3 is 1. The lowest BCUT2D eigenvalue weighted by molar-refractivity contribution is -0.127. The van der Waals surface area contributed by atoms with E-state index in [1.54, 1.807) is 50.4 Å². The van der Waals surface area contributed by atoms with E-state index in [4.69, 9.17) is 4.74 Å². The highest BCUT2D eigenvalue weighted by Crippen LogP contribution is 2.36. The summed E-state index contributed by atoms with van der Waals surface area (Å²) in [5, 5.41) is 5.66. The van der Waals surface area contributed by atoms with Gasteiger partial charge in [-0.2, -0.15) is 5.10 Å². The van der Waals surface area contributed by atoms with Crippen molar-refractivity contribution in [2.45, 2.75) is 13.3 Å². The van der Waals surface area contributed by atoms with Crippen LogP contribution in [0.5, 0.6) is 5.75 Å². The molecule has 7 heteroatoms. The fourth-order valence-electron chi connectivity index (χ4n) is 3.72. The molecular weight excluding hydrogens is 358 g/mol.